The molecule has 4 nitrogen and oxygen atoms in total. The zero-order valence-corrected chi connectivity index (χ0v) is 13.3. The molecule has 0 saturated heterocycles. The SMILES string of the molecule is CCNC(C)c1cccc(NC(=O)NCC2(CC)CC2)c1. The molecule has 21 heavy (non-hydrogen) atoms. The second kappa shape index (κ2) is 6.94. The molecule has 1 aromatic rings. The van der Waals surface area contributed by atoms with Crippen molar-refractivity contribution in [2.45, 2.75) is 46.1 Å². The number of rotatable bonds is 7. The lowest BCUT2D eigenvalue weighted by atomic mass is 10.0. The molecule has 4 heteroatoms. The molecule has 1 fully saturated rings. The molecule has 1 unspecified atom stereocenters. The number of benzene rings is 1. The molecule has 0 spiro atoms. The van der Waals surface area contributed by atoms with Gasteiger partial charge in [0.05, 0.1) is 0 Å². The van der Waals surface area contributed by atoms with E-state index in [1.807, 2.05) is 18.2 Å². The second-order valence-corrected chi connectivity index (χ2v) is 6.07. The monoisotopic (exact) mass is 289 g/mol. The Morgan fingerprint density at radius 1 is 1.33 bits per heavy atom. The molecule has 2 rings (SSSR count). The van der Waals surface area contributed by atoms with Crippen molar-refractivity contribution in [2.24, 2.45) is 5.41 Å². The molecule has 3 N–H and O–H groups in total. The van der Waals surface area contributed by atoms with Gasteiger partial charge in [-0.05, 0) is 55.8 Å². The van der Waals surface area contributed by atoms with Gasteiger partial charge in [-0.15, -0.1) is 0 Å². The number of hydrogen-bond donors (Lipinski definition) is 3. The Balaban J connectivity index is 1.87. The van der Waals surface area contributed by atoms with Gasteiger partial charge in [0.25, 0.3) is 0 Å². The molecule has 0 radical (unpaired) electrons. The van der Waals surface area contributed by atoms with E-state index in [1.165, 1.54) is 18.4 Å². The minimum atomic E-state index is -0.108. The Hall–Kier alpha value is -1.55. The van der Waals surface area contributed by atoms with Crippen LogP contribution in [-0.4, -0.2) is 19.1 Å². The first-order chi connectivity index (χ1) is 10.1. The molecule has 116 valence electrons. The molecule has 0 aromatic heterocycles. The minimum Gasteiger partial charge on any atom is -0.337 e. The van der Waals surface area contributed by atoms with Crippen LogP contribution in [0.2, 0.25) is 0 Å². The van der Waals surface area contributed by atoms with Crippen LogP contribution in [0.25, 0.3) is 0 Å². The number of urea groups is 1. The highest BCUT2D eigenvalue weighted by Gasteiger charge is 2.40. The summed E-state index contributed by atoms with van der Waals surface area (Å²) in [6.07, 6.45) is 3.61. The fraction of sp³-hybridized carbons (Fsp3) is 0.588. The lowest BCUT2D eigenvalue weighted by Crippen LogP contribution is -2.33. The van der Waals surface area contributed by atoms with Gasteiger partial charge >= 0.3 is 6.03 Å². The van der Waals surface area contributed by atoms with Crippen molar-refractivity contribution in [3.8, 4) is 0 Å². The Morgan fingerprint density at radius 2 is 2.10 bits per heavy atom. The average Bonchev–Trinajstić information content (AvgIpc) is 3.26. The zero-order chi connectivity index (χ0) is 15.3. The van der Waals surface area contributed by atoms with Crippen LogP contribution in [0.5, 0.6) is 0 Å². The van der Waals surface area contributed by atoms with Crippen LogP contribution in [0.4, 0.5) is 10.5 Å². The van der Waals surface area contributed by atoms with Crippen molar-refractivity contribution < 1.29 is 4.79 Å². The molecular formula is C17H27N3O. The van der Waals surface area contributed by atoms with Gasteiger partial charge in [-0.3, -0.25) is 0 Å². The number of amides is 2. The lowest BCUT2D eigenvalue weighted by Gasteiger charge is -2.16. The highest BCUT2D eigenvalue weighted by atomic mass is 16.2. The molecule has 0 heterocycles. The number of nitrogens with one attached hydrogen (secondary N) is 3. The van der Waals surface area contributed by atoms with Crippen molar-refractivity contribution in [2.75, 3.05) is 18.4 Å². The smallest absolute Gasteiger partial charge is 0.319 e. The van der Waals surface area contributed by atoms with Gasteiger partial charge in [0.15, 0.2) is 0 Å². The lowest BCUT2D eigenvalue weighted by molar-refractivity contribution is 0.249. The van der Waals surface area contributed by atoms with E-state index in [0.29, 0.717) is 5.41 Å². The summed E-state index contributed by atoms with van der Waals surface area (Å²) >= 11 is 0. The molecular weight excluding hydrogens is 262 g/mol. The third-order valence-corrected chi connectivity index (χ3v) is 4.49. The summed E-state index contributed by atoms with van der Waals surface area (Å²) in [5.41, 5.74) is 2.40. The van der Waals surface area contributed by atoms with E-state index in [2.05, 4.69) is 42.8 Å². The van der Waals surface area contributed by atoms with Gasteiger partial charge in [0.2, 0.25) is 0 Å². The van der Waals surface area contributed by atoms with Gasteiger partial charge in [-0.1, -0.05) is 26.0 Å². The van der Waals surface area contributed by atoms with Crippen molar-refractivity contribution in [3.63, 3.8) is 0 Å². The third-order valence-electron chi connectivity index (χ3n) is 4.49. The van der Waals surface area contributed by atoms with Crippen molar-refractivity contribution in [3.05, 3.63) is 29.8 Å². The number of anilines is 1. The van der Waals surface area contributed by atoms with Crippen LogP contribution in [0.3, 0.4) is 0 Å². The fourth-order valence-electron chi connectivity index (χ4n) is 2.58. The van der Waals surface area contributed by atoms with Crippen LogP contribution in [-0.2, 0) is 0 Å². The van der Waals surface area contributed by atoms with E-state index < -0.39 is 0 Å². The van der Waals surface area contributed by atoms with Gasteiger partial charge in [0, 0.05) is 18.3 Å². The summed E-state index contributed by atoms with van der Waals surface area (Å²) in [6.45, 7) is 8.12. The first kappa shape index (κ1) is 15.8. The summed E-state index contributed by atoms with van der Waals surface area (Å²) in [7, 11) is 0. The van der Waals surface area contributed by atoms with Gasteiger partial charge < -0.3 is 16.0 Å². The summed E-state index contributed by atoms with van der Waals surface area (Å²) in [5, 5.41) is 9.29. The van der Waals surface area contributed by atoms with Crippen LogP contribution in [0.15, 0.2) is 24.3 Å². The first-order valence-corrected chi connectivity index (χ1v) is 7.97. The maximum Gasteiger partial charge on any atom is 0.319 e. The molecule has 1 aromatic carbocycles. The number of carbonyl (C=O) groups excluding carboxylic acids is 1. The van der Waals surface area contributed by atoms with E-state index in [4.69, 9.17) is 0 Å². The quantitative estimate of drug-likeness (QED) is 0.717. The molecule has 1 aliphatic carbocycles. The summed E-state index contributed by atoms with van der Waals surface area (Å²) < 4.78 is 0. The predicted molar refractivity (Wildman–Crippen MR) is 87.5 cm³/mol. The molecule has 1 atom stereocenters. The Bertz CT molecular complexity index is 483. The second-order valence-electron chi connectivity index (χ2n) is 6.07. The first-order valence-electron chi connectivity index (χ1n) is 7.97. The Morgan fingerprint density at radius 3 is 2.71 bits per heavy atom. The minimum absolute atomic E-state index is 0.108. The molecule has 1 saturated carbocycles. The molecule has 0 bridgehead atoms. The fourth-order valence-corrected chi connectivity index (χ4v) is 2.58. The summed E-state index contributed by atoms with van der Waals surface area (Å²) in [4.78, 5) is 12.0. The van der Waals surface area contributed by atoms with E-state index in [-0.39, 0.29) is 12.1 Å². The molecule has 0 aliphatic heterocycles. The maximum absolute atomic E-state index is 12.0. The van der Waals surface area contributed by atoms with Crippen LogP contribution < -0.4 is 16.0 Å². The largest absolute Gasteiger partial charge is 0.337 e. The van der Waals surface area contributed by atoms with E-state index in [1.54, 1.807) is 0 Å². The van der Waals surface area contributed by atoms with Crippen molar-refractivity contribution in [1.29, 1.82) is 0 Å². The van der Waals surface area contributed by atoms with Gasteiger partial charge in [-0.25, -0.2) is 4.79 Å². The van der Waals surface area contributed by atoms with Crippen molar-refractivity contribution >= 4 is 11.7 Å². The van der Waals surface area contributed by atoms with E-state index >= 15 is 0 Å². The summed E-state index contributed by atoms with van der Waals surface area (Å²) in [5.74, 6) is 0. The highest BCUT2D eigenvalue weighted by Crippen LogP contribution is 2.47. The number of carbonyl (C=O) groups is 1. The summed E-state index contributed by atoms with van der Waals surface area (Å²) in [6, 6.07) is 8.19. The van der Waals surface area contributed by atoms with E-state index in [9.17, 15) is 4.79 Å². The van der Waals surface area contributed by atoms with Crippen LogP contribution >= 0.6 is 0 Å². The van der Waals surface area contributed by atoms with E-state index in [0.717, 1.165) is 25.2 Å². The molecule has 2 amide bonds. The standard InChI is InChI=1S/C17H27N3O/c1-4-17(9-10-17)12-19-16(21)20-15-8-6-7-14(11-15)13(3)18-5-2/h6-8,11,13,18H,4-5,9-10,12H2,1-3H3,(H2,19,20,21). The topological polar surface area (TPSA) is 53.2 Å². The van der Waals surface area contributed by atoms with Gasteiger partial charge in [0.1, 0.15) is 0 Å². The molecule has 1 aliphatic rings. The van der Waals surface area contributed by atoms with Crippen molar-refractivity contribution in [1.82, 2.24) is 10.6 Å². The van der Waals surface area contributed by atoms with Gasteiger partial charge in [-0.2, -0.15) is 0 Å². The average molecular weight is 289 g/mol. The predicted octanol–water partition coefficient (Wildman–Crippen LogP) is 3.67. The Kier molecular flexibility index (Phi) is 5.23. The van der Waals surface area contributed by atoms with Crippen LogP contribution in [0, 0.1) is 5.41 Å². The maximum atomic E-state index is 12.0. The van der Waals surface area contributed by atoms with Crippen LogP contribution in [0.1, 0.15) is 51.6 Å². The third kappa shape index (κ3) is 4.46. The Labute approximate surface area is 127 Å². The highest BCUT2D eigenvalue weighted by molar-refractivity contribution is 5.89. The number of hydrogen-bond acceptors (Lipinski definition) is 2. The normalized spacial score (nSPS) is 17.1. The zero-order valence-electron chi connectivity index (χ0n) is 13.3.